The molecule has 1 aliphatic rings. The Hall–Kier alpha value is -0.630. The summed E-state index contributed by atoms with van der Waals surface area (Å²) in [5.41, 5.74) is 1.18. The minimum absolute atomic E-state index is 0. The second kappa shape index (κ2) is 12.7. The number of guanidine groups is 1. The Labute approximate surface area is 167 Å². The molecule has 0 atom stereocenters. The summed E-state index contributed by atoms with van der Waals surface area (Å²) in [6, 6.07) is 8.28. The summed E-state index contributed by atoms with van der Waals surface area (Å²) >= 11 is 1.90. The molecule has 6 heteroatoms. The van der Waals surface area contributed by atoms with E-state index < -0.39 is 0 Å². The fourth-order valence-electron chi connectivity index (χ4n) is 2.41. The van der Waals surface area contributed by atoms with Crippen LogP contribution in [0.4, 0.5) is 0 Å². The van der Waals surface area contributed by atoms with Crippen LogP contribution < -0.4 is 15.4 Å². The number of ether oxygens (including phenoxy) is 1. The van der Waals surface area contributed by atoms with E-state index >= 15 is 0 Å². The molecule has 0 unspecified atom stereocenters. The maximum atomic E-state index is 6.07. The summed E-state index contributed by atoms with van der Waals surface area (Å²) in [6.45, 7) is 1.69. The summed E-state index contributed by atoms with van der Waals surface area (Å²) < 4.78 is 6.07. The number of rotatable bonds is 9. The lowest BCUT2D eigenvalue weighted by Gasteiger charge is -2.27. The van der Waals surface area contributed by atoms with Crippen molar-refractivity contribution in [1.82, 2.24) is 10.6 Å². The van der Waals surface area contributed by atoms with E-state index in [1.54, 1.807) is 0 Å². The lowest BCUT2D eigenvalue weighted by atomic mass is 9.96. The highest BCUT2D eigenvalue weighted by Gasteiger charge is 2.20. The third-order valence-electron chi connectivity index (χ3n) is 4.06. The first-order valence-corrected chi connectivity index (χ1v) is 9.91. The number of nitrogens with one attached hydrogen (secondary N) is 2. The van der Waals surface area contributed by atoms with Gasteiger partial charge in [0.05, 0.1) is 6.10 Å². The second-order valence-corrected chi connectivity index (χ2v) is 6.82. The fourth-order valence-corrected chi connectivity index (χ4v) is 2.90. The van der Waals surface area contributed by atoms with Crippen LogP contribution in [-0.2, 0) is 6.54 Å². The molecule has 0 spiro atoms. The Kier molecular flexibility index (Phi) is 11.3. The van der Waals surface area contributed by atoms with Crippen molar-refractivity contribution < 1.29 is 4.74 Å². The summed E-state index contributed by atoms with van der Waals surface area (Å²) in [4.78, 5) is 4.29. The Morgan fingerprint density at radius 2 is 2.04 bits per heavy atom. The number of thioether (sulfide) groups is 1. The van der Waals surface area contributed by atoms with Crippen LogP contribution in [0.1, 0.15) is 37.7 Å². The molecule has 2 rings (SSSR count). The average molecular weight is 463 g/mol. The molecule has 0 aromatic heterocycles. The SMILES string of the molecule is CN=C(NCCCCSC)NCc1ccccc1OC1CCC1.I. The van der Waals surface area contributed by atoms with Crippen LogP contribution in [0.5, 0.6) is 5.75 Å². The highest BCUT2D eigenvalue weighted by molar-refractivity contribution is 14.0. The van der Waals surface area contributed by atoms with E-state index in [2.05, 4.69) is 40.1 Å². The van der Waals surface area contributed by atoms with Crippen LogP contribution in [0, 0.1) is 0 Å². The van der Waals surface area contributed by atoms with E-state index in [9.17, 15) is 0 Å². The molecule has 1 saturated carbocycles. The number of halogens is 1. The molecule has 136 valence electrons. The molecular formula is C18H30IN3OS. The molecule has 1 fully saturated rings. The first-order valence-electron chi connectivity index (χ1n) is 8.51. The first-order chi connectivity index (χ1) is 11.3. The van der Waals surface area contributed by atoms with Crippen LogP contribution in [0.2, 0.25) is 0 Å². The molecule has 0 radical (unpaired) electrons. The predicted octanol–water partition coefficient (Wildman–Crippen LogP) is 4.04. The smallest absolute Gasteiger partial charge is 0.191 e. The van der Waals surface area contributed by atoms with E-state index in [-0.39, 0.29) is 24.0 Å². The van der Waals surface area contributed by atoms with Gasteiger partial charge in [-0.1, -0.05) is 18.2 Å². The van der Waals surface area contributed by atoms with Crippen LogP contribution >= 0.6 is 35.7 Å². The topological polar surface area (TPSA) is 45.7 Å². The summed E-state index contributed by atoms with van der Waals surface area (Å²) in [7, 11) is 1.81. The third kappa shape index (κ3) is 7.51. The number of hydrogen-bond acceptors (Lipinski definition) is 3. The molecule has 1 aromatic carbocycles. The Balaban J connectivity index is 0.00000288. The van der Waals surface area contributed by atoms with Crippen molar-refractivity contribution in [2.24, 2.45) is 4.99 Å². The minimum Gasteiger partial charge on any atom is -0.490 e. The van der Waals surface area contributed by atoms with Crippen molar-refractivity contribution in [3.05, 3.63) is 29.8 Å². The van der Waals surface area contributed by atoms with Crippen LogP contribution in [-0.4, -0.2) is 37.7 Å². The number of aliphatic imine (C=N–C) groups is 1. The molecule has 1 aromatic rings. The van der Waals surface area contributed by atoms with Crippen LogP contribution in [0.3, 0.4) is 0 Å². The van der Waals surface area contributed by atoms with Crippen LogP contribution in [0.25, 0.3) is 0 Å². The summed E-state index contributed by atoms with van der Waals surface area (Å²) in [6.07, 6.45) is 8.62. The molecule has 0 heterocycles. The van der Waals surface area contributed by atoms with Crippen molar-refractivity contribution >= 4 is 41.7 Å². The van der Waals surface area contributed by atoms with Gasteiger partial charge in [-0.3, -0.25) is 4.99 Å². The van der Waals surface area contributed by atoms with E-state index in [1.165, 1.54) is 43.4 Å². The van der Waals surface area contributed by atoms with Gasteiger partial charge >= 0.3 is 0 Å². The average Bonchev–Trinajstić information content (AvgIpc) is 2.54. The van der Waals surface area contributed by atoms with Crippen molar-refractivity contribution in [3.63, 3.8) is 0 Å². The number of benzene rings is 1. The van der Waals surface area contributed by atoms with Gasteiger partial charge in [-0.2, -0.15) is 11.8 Å². The zero-order valence-corrected chi connectivity index (χ0v) is 17.9. The first kappa shape index (κ1) is 21.4. The van der Waals surface area contributed by atoms with E-state index in [1.807, 2.05) is 24.9 Å². The molecular weight excluding hydrogens is 433 g/mol. The number of unbranched alkanes of at least 4 members (excludes halogenated alkanes) is 1. The van der Waals surface area contributed by atoms with Crippen molar-refractivity contribution in [2.45, 2.75) is 44.8 Å². The maximum absolute atomic E-state index is 6.07. The van der Waals surface area contributed by atoms with Gasteiger partial charge in [-0.25, -0.2) is 0 Å². The molecule has 2 N–H and O–H groups in total. The standard InChI is InChI=1S/C18H29N3OS.HI/c1-19-18(20-12-5-6-13-23-2)21-14-15-8-3-4-11-17(15)22-16-9-7-10-16;/h3-4,8,11,16H,5-7,9-10,12-14H2,1-2H3,(H2,19,20,21);1H. The Morgan fingerprint density at radius 3 is 2.71 bits per heavy atom. The lowest BCUT2D eigenvalue weighted by Crippen LogP contribution is -2.37. The normalized spacial score (nSPS) is 14.5. The van der Waals surface area contributed by atoms with Crippen molar-refractivity contribution in [3.8, 4) is 5.75 Å². The maximum Gasteiger partial charge on any atom is 0.191 e. The molecule has 24 heavy (non-hydrogen) atoms. The van der Waals surface area contributed by atoms with Gasteiger partial charge in [-0.15, -0.1) is 24.0 Å². The van der Waals surface area contributed by atoms with Gasteiger partial charge in [0, 0.05) is 25.7 Å². The fraction of sp³-hybridized carbons (Fsp3) is 0.611. The molecule has 0 saturated heterocycles. The van der Waals surface area contributed by atoms with Crippen molar-refractivity contribution in [1.29, 1.82) is 0 Å². The summed E-state index contributed by atoms with van der Waals surface area (Å²) in [5, 5.41) is 6.75. The second-order valence-electron chi connectivity index (χ2n) is 5.83. The Morgan fingerprint density at radius 1 is 1.25 bits per heavy atom. The zero-order chi connectivity index (χ0) is 16.3. The monoisotopic (exact) mass is 463 g/mol. The molecule has 0 amide bonds. The highest BCUT2D eigenvalue weighted by Crippen LogP contribution is 2.27. The zero-order valence-electron chi connectivity index (χ0n) is 14.7. The van der Waals surface area contributed by atoms with E-state index in [0.717, 1.165) is 24.8 Å². The molecule has 0 bridgehead atoms. The number of para-hydroxylation sites is 1. The minimum atomic E-state index is 0. The molecule has 1 aliphatic carbocycles. The van der Waals surface area contributed by atoms with E-state index in [4.69, 9.17) is 4.74 Å². The van der Waals surface area contributed by atoms with E-state index in [0.29, 0.717) is 6.10 Å². The van der Waals surface area contributed by atoms with Gasteiger partial charge in [0.15, 0.2) is 5.96 Å². The van der Waals surface area contributed by atoms with Gasteiger partial charge in [0.1, 0.15) is 5.75 Å². The third-order valence-corrected chi connectivity index (χ3v) is 4.75. The molecule has 4 nitrogen and oxygen atoms in total. The highest BCUT2D eigenvalue weighted by atomic mass is 127. The van der Waals surface area contributed by atoms with Crippen molar-refractivity contribution in [2.75, 3.05) is 25.6 Å². The van der Waals surface area contributed by atoms with Gasteiger partial charge in [-0.05, 0) is 50.2 Å². The quantitative estimate of drug-likeness (QED) is 0.251. The van der Waals surface area contributed by atoms with Gasteiger partial charge in [0.25, 0.3) is 0 Å². The summed E-state index contributed by atoms with van der Waals surface area (Å²) in [5.74, 6) is 3.08. The predicted molar refractivity (Wildman–Crippen MR) is 116 cm³/mol. The largest absolute Gasteiger partial charge is 0.490 e. The lowest BCUT2D eigenvalue weighted by molar-refractivity contribution is 0.119. The van der Waals surface area contributed by atoms with Gasteiger partial charge < -0.3 is 15.4 Å². The number of nitrogens with zero attached hydrogens (tertiary/aromatic N) is 1. The van der Waals surface area contributed by atoms with Gasteiger partial charge in [0.2, 0.25) is 0 Å². The molecule has 0 aliphatic heterocycles. The Bertz CT molecular complexity index is 495. The van der Waals surface area contributed by atoms with Crippen LogP contribution in [0.15, 0.2) is 29.3 Å². The number of hydrogen-bond donors (Lipinski definition) is 2.